The topological polar surface area (TPSA) is 189 Å². The highest BCUT2D eigenvalue weighted by Crippen LogP contribution is 2.25. The van der Waals surface area contributed by atoms with Crippen molar-refractivity contribution < 1.29 is 50.0 Å². The molecule has 0 aromatic heterocycles. The zero-order chi connectivity index (χ0) is 66.7. The number of amides is 1. The summed E-state index contributed by atoms with van der Waals surface area (Å²) in [7, 11) is 0. The predicted molar refractivity (Wildman–Crippen MR) is 390 cm³/mol. The molecular formula is C81H157NO10. The summed E-state index contributed by atoms with van der Waals surface area (Å²) in [6.45, 7) is 3.51. The van der Waals surface area contributed by atoms with Gasteiger partial charge in [0, 0.05) is 0 Å². The fourth-order valence-electron chi connectivity index (χ4n) is 13.5. The van der Waals surface area contributed by atoms with Gasteiger partial charge in [-0.05, 0) is 51.4 Å². The van der Waals surface area contributed by atoms with Gasteiger partial charge in [0.2, 0.25) is 5.91 Å². The average molecular weight is 1310 g/mol. The first-order valence-electron chi connectivity index (χ1n) is 40.7. The fourth-order valence-corrected chi connectivity index (χ4v) is 13.5. The number of rotatable bonds is 73. The van der Waals surface area contributed by atoms with Gasteiger partial charge in [0.1, 0.15) is 36.6 Å². The summed E-state index contributed by atoms with van der Waals surface area (Å²) >= 11 is 0. The minimum atomic E-state index is -1.67. The number of aliphatic hydroxyl groups is 7. The highest BCUT2D eigenvalue weighted by atomic mass is 16.7. The lowest BCUT2D eigenvalue weighted by Gasteiger charge is -2.40. The van der Waals surface area contributed by atoms with Gasteiger partial charge in [-0.2, -0.15) is 0 Å². The largest absolute Gasteiger partial charge is 0.394 e. The molecule has 1 aliphatic heterocycles. The van der Waals surface area contributed by atoms with E-state index in [4.69, 9.17) is 9.47 Å². The van der Waals surface area contributed by atoms with Crippen LogP contribution >= 0.6 is 0 Å². The molecule has 1 aliphatic rings. The van der Waals surface area contributed by atoms with Crippen molar-refractivity contribution in [3.8, 4) is 0 Å². The van der Waals surface area contributed by atoms with Crippen molar-refractivity contribution in [3.05, 3.63) is 24.3 Å². The lowest BCUT2D eigenvalue weighted by molar-refractivity contribution is -0.303. The summed E-state index contributed by atoms with van der Waals surface area (Å²) < 4.78 is 11.2. The molecule has 9 unspecified atom stereocenters. The zero-order valence-electron chi connectivity index (χ0n) is 60.8. The van der Waals surface area contributed by atoms with Crippen molar-refractivity contribution in [1.29, 1.82) is 0 Å². The summed E-state index contributed by atoms with van der Waals surface area (Å²) in [6.07, 6.45) is 78.9. The molecule has 11 heteroatoms. The van der Waals surface area contributed by atoms with Gasteiger partial charge in [0.15, 0.2) is 6.29 Å². The Hall–Kier alpha value is -1.41. The molecule has 1 amide bonds. The first kappa shape index (κ1) is 88.6. The maximum absolute atomic E-state index is 13.3. The summed E-state index contributed by atoms with van der Waals surface area (Å²) in [5, 5.41) is 76.7. The van der Waals surface area contributed by atoms with Crippen LogP contribution in [0.15, 0.2) is 24.3 Å². The number of carbonyl (C=O) groups excluding carboxylic acids is 1. The summed E-state index contributed by atoms with van der Waals surface area (Å²) in [6, 6.07) is -1.19. The van der Waals surface area contributed by atoms with Crippen molar-refractivity contribution in [2.75, 3.05) is 13.2 Å². The van der Waals surface area contributed by atoms with Crippen LogP contribution in [-0.2, 0) is 14.3 Å². The van der Waals surface area contributed by atoms with E-state index in [1.54, 1.807) is 0 Å². The molecule has 0 radical (unpaired) electrons. The van der Waals surface area contributed by atoms with Crippen LogP contribution in [0.1, 0.15) is 418 Å². The molecule has 1 fully saturated rings. The maximum Gasteiger partial charge on any atom is 0.249 e. The smallest absolute Gasteiger partial charge is 0.249 e. The van der Waals surface area contributed by atoms with E-state index in [-0.39, 0.29) is 12.8 Å². The van der Waals surface area contributed by atoms with Crippen LogP contribution < -0.4 is 5.32 Å². The number of hydrogen-bond donors (Lipinski definition) is 8. The van der Waals surface area contributed by atoms with Crippen molar-refractivity contribution in [2.24, 2.45) is 0 Å². The minimum Gasteiger partial charge on any atom is -0.394 e. The molecule has 0 aromatic rings. The molecule has 8 N–H and O–H groups in total. The molecule has 0 aliphatic carbocycles. The lowest BCUT2D eigenvalue weighted by atomic mass is 9.98. The van der Waals surface area contributed by atoms with E-state index in [1.807, 2.05) is 0 Å². The second-order valence-corrected chi connectivity index (χ2v) is 28.8. The molecule has 1 heterocycles. The van der Waals surface area contributed by atoms with Gasteiger partial charge >= 0.3 is 0 Å². The highest BCUT2D eigenvalue weighted by molar-refractivity contribution is 5.80. The molecule has 92 heavy (non-hydrogen) atoms. The van der Waals surface area contributed by atoms with Crippen LogP contribution in [0, 0.1) is 0 Å². The third-order valence-electron chi connectivity index (χ3n) is 20.0. The van der Waals surface area contributed by atoms with Crippen molar-refractivity contribution in [2.45, 2.75) is 473 Å². The van der Waals surface area contributed by atoms with Gasteiger partial charge in [0.05, 0.1) is 25.4 Å². The van der Waals surface area contributed by atoms with E-state index in [0.29, 0.717) is 19.3 Å². The molecule has 9 atom stereocenters. The fraction of sp³-hybridized carbons (Fsp3) is 0.938. The average Bonchev–Trinajstić information content (AvgIpc) is 0.975. The molecule has 0 aromatic carbocycles. The van der Waals surface area contributed by atoms with Gasteiger partial charge in [0.25, 0.3) is 0 Å². The normalized spacial score (nSPS) is 18.4. The lowest BCUT2D eigenvalue weighted by Crippen LogP contribution is -2.60. The number of carbonyl (C=O) groups is 1. The number of nitrogens with one attached hydrogen (secondary N) is 1. The first-order chi connectivity index (χ1) is 45.2. The van der Waals surface area contributed by atoms with Gasteiger partial charge in [-0.25, -0.2) is 0 Å². The van der Waals surface area contributed by atoms with E-state index in [0.717, 1.165) is 38.5 Å². The van der Waals surface area contributed by atoms with Crippen LogP contribution in [0.25, 0.3) is 0 Å². The van der Waals surface area contributed by atoms with Gasteiger partial charge in [-0.3, -0.25) is 4.79 Å². The molecule has 0 saturated carbocycles. The second-order valence-electron chi connectivity index (χ2n) is 28.8. The minimum absolute atomic E-state index is 0.250. The Labute approximate surface area is 569 Å². The van der Waals surface area contributed by atoms with Crippen molar-refractivity contribution in [1.82, 2.24) is 5.32 Å². The number of unbranched alkanes of at least 4 members (excludes halogenated alkanes) is 57. The SMILES string of the molecule is CCCCCCCCCCCCCCCCCCCC/C=C/CC/C=C/CCCC(O)C(O)C(COC1OC(CO)C(O)C(O)C1O)NC(=O)C(O)CCCCCCCCCCCCCCCCCCCCCCCCCCCCCCCCCCCCCCCC. The Bertz CT molecular complexity index is 1550. The molecule has 0 bridgehead atoms. The second kappa shape index (κ2) is 69.5. The van der Waals surface area contributed by atoms with Gasteiger partial charge < -0.3 is 50.5 Å². The van der Waals surface area contributed by atoms with Crippen LogP contribution in [-0.4, -0.2) is 110 Å². The van der Waals surface area contributed by atoms with E-state index in [9.17, 15) is 40.5 Å². The Kier molecular flexibility index (Phi) is 66.9. The Balaban J connectivity index is 2.12. The molecule has 546 valence electrons. The summed E-state index contributed by atoms with van der Waals surface area (Å²) in [4.78, 5) is 13.3. The molecular weight excluding hydrogens is 1150 g/mol. The quantitative estimate of drug-likeness (QED) is 0.0215. The summed E-state index contributed by atoms with van der Waals surface area (Å²) in [5.74, 6) is -0.701. The standard InChI is InChI=1S/C81H157NO10/c1-3-5-7-9-11-13-15-17-19-21-23-25-27-29-31-32-33-34-35-36-37-38-39-40-41-43-45-47-49-51-53-55-57-59-61-63-65-67-69-74(85)80(90)82-72(71-91-81-79(89)78(88)77(87)75(70-83)92-81)76(86)73(84)68-66-64-62-60-58-56-54-52-50-48-46-44-42-30-28-26-24-22-20-18-16-14-12-10-8-6-4-2/h52,54,60,62,72-79,81,83-89H,3-51,53,55-59,61,63-71H2,1-2H3,(H,82,90)/b54-52+,62-60+. The third-order valence-corrected chi connectivity index (χ3v) is 20.0. The van der Waals surface area contributed by atoms with E-state index >= 15 is 0 Å². The third kappa shape index (κ3) is 55.6. The zero-order valence-corrected chi connectivity index (χ0v) is 60.8. The van der Waals surface area contributed by atoms with E-state index < -0.39 is 74.2 Å². The molecule has 1 rings (SSSR count). The number of hydrogen-bond acceptors (Lipinski definition) is 10. The Morgan fingerprint density at radius 3 is 0.967 bits per heavy atom. The molecule has 11 nitrogen and oxygen atoms in total. The predicted octanol–water partition coefficient (Wildman–Crippen LogP) is 21.1. The highest BCUT2D eigenvalue weighted by Gasteiger charge is 2.44. The van der Waals surface area contributed by atoms with E-state index in [1.165, 1.54) is 334 Å². The van der Waals surface area contributed by atoms with Crippen LogP contribution in [0.3, 0.4) is 0 Å². The Morgan fingerprint density at radius 1 is 0.370 bits per heavy atom. The van der Waals surface area contributed by atoms with Crippen molar-refractivity contribution >= 4 is 5.91 Å². The maximum atomic E-state index is 13.3. The molecule has 1 saturated heterocycles. The monoisotopic (exact) mass is 1300 g/mol. The number of aliphatic hydroxyl groups excluding tert-OH is 7. The van der Waals surface area contributed by atoms with Gasteiger partial charge in [-0.15, -0.1) is 0 Å². The van der Waals surface area contributed by atoms with Gasteiger partial charge in [-0.1, -0.05) is 391 Å². The van der Waals surface area contributed by atoms with Crippen LogP contribution in [0.2, 0.25) is 0 Å². The Morgan fingerprint density at radius 2 is 0.652 bits per heavy atom. The number of ether oxygens (including phenoxy) is 2. The van der Waals surface area contributed by atoms with Crippen LogP contribution in [0.5, 0.6) is 0 Å². The van der Waals surface area contributed by atoms with Crippen LogP contribution in [0.4, 0.5) is 0 Å². The molecule has 0 spiro atoms. The van der Waals surface area contributed by atoms with E-state index in [2.05, 4.69) is 43.5 Å². The van der Waals surface area contributed by atoms with Crippen molar-refractivity contribution in [3.63, 3.8) is 0 Å². The first-order valence-corrected chi connectivity index (χ1v) is 40.7. The summed E-state index contributed by atoms with van der Waals surface area (Å²) in [5.41, 5.74) is 0. The number of allylic oxidation sites excluding steroid dienone is 4.